The normalized spacial score (nSPS) is 30.1. The number of rotatable bonds is 2. The van der Waals surface area contributed by atoms with Gasteiger partial charge < -0.3 is 0 Å². The van der Waals surface area contributed by atoms with Gasteiger partial charge in [-0.2, -0.15) is 0 Å². The fourth-order valence-electron chi connectivity index (χ4n) is 1.37. The second-order valence-corrected chi connectivity index (χ2v) is 5.94. The molecular weight excluding hydrogens is 186 g/mol. The molecule has 3 heteroatoms. The highest BCUT2D eigenvalue weighted by molar-refractivity contribution is 8.39. The van der Waals surface area contributed by atoms with Crippen molar-refractivity contribution in [3.05, 3.63) is 0 Å². The first-order chi connectivity index (χ1) is 5.84. The summed E-state index contributed by atoms with van der Waals surface area (Å²) in [6.07, 6.45) is 4.38. The van der Waals surface area contributed by atoms with E-state index in [1.807, 2.05) is 23.5 Å². The Morgan fingerprint density at radius 3 is 2.92 bits per heavy atom. The van der Waals surface area contributed by atoms with Crippen LogP contribution in [0.1, 0.15) is 26.2 Å². The molecule has 0 radical (unpaired) electrons. The maximum absolute atomic E-state index is 4.56. The molecule has 0 aromatic carbocycles. The third kappa shape index (κ3) is 2.19. The van der Waals surface area contributed by atoms with Crippen molar-refractivity contribution < 1.29 is 0 Å². The van der Waals surface area contributed by atoms with Gasteiger partial charge in [0.15, 0.2) is 0 Å². The molecule has 0 bridgehead atoms. The van der Waals surface area contributed by atoms with Crippen LogP contribution in [0.5, 0.6) is 0 Å². The Balaban J connectivity index is 1.69. The SMILES string of the molecule is CC1CSC(SCC2CCC2)=N1. The largest absolute Gasteiger partial charge is 0.268 e. The van der Waals surface area contributed by atoms with Gasteiger partial charge in [-0.15, -0.1) is 0 Å². The van der Waals surface area contributed by atoms with Gasteiger partial charge in [-0.25, -0.2) is 0 Å². The van der Waals surface area contributed by atoms with E-state index in [9.17, 15) is 0 Å². The van der Waals surface area contributed by atoms with E-state index in [4.69, 9.17) is 0 Å². The molecule has 0 N–H and O–H groups in total. The average molecular weight is 201 g/mol. The van der Waals surface area contributed by atoms with Gasteiger partial charge in [0, 0.05) is 11.5 Å². The lowest BCUT2D eigenvalue weighted by Gasteiger charge is -2.24. The second kappa shape index (κ2) is 4.05. The quantitative estimate of drug-likeness (QED) is 0.681. The molecular formula is C9H15NS2. The van der Waals surface area contributed by atoms with E-state index < -0.39 is 0 Å². The van der Waals surface area contributed by atoms with Gasteiger partial charge in [0.1, 0.15) is 4.38 Å². The summed E-state index contributed by atoms with van der Waals surface area (Å²) in [5, 5.41) is 0. The third-order valence-corrected chi connectivity index (χ3v) is 5.14. The fourth-order valence-corrected chi connectivity index (χ4v) is 3.79. The summed E-state index contributed by atoms with van der Waals surface area (Å²) in [4.78, 5) is 4.56. The Morgan fingerprint density at radius 1 is 1.58 bits per heavy atom. The average Bonchev–Trinajstić information content (AvgIpc) is 2.32. The molecule has 2 rings (SSSR count). The predicted octanol–water partition coefficient (Wildman–Crippen LogP) is 3.01. The van der Waals surface area contributed by atoms with Crippen LogP contribution in [0.25, 0.3) is 0 Å². The third-order valence-electron chi connectivity index (χ3n) is 2.44. The Morgan fingerprint density at radius 2 is 2.42 bits per heavy atom. The van der Waals surface area contributed by atoms with Crippen LogP contribution in [0.15, 0.2) is 4.99 Å². The standard InChI is InChI=1S/C9H15NS2/c1-7-5-11-9(10-7)12-6-8-3-2-4-8/h7-8H,2-6H2,1H3. The molecule has 1 nitrogen and oxygen atoms in total. The van der Waals surface area contributed by atoms with Crippen LogP contribution >= 0.6 is 23.5 Å². The van der Waals surface area contributed by atoms with Crippen LogP contribution < -0.4 is 0 Å². The number of hydrogen-bond acceptors (Lipinski definition) is 3. The fraction of sp³-hybridized carbons (Fsp3) is 0.889. The summed E-state index contributed by atoms with van der Waals surface area (Å²) in [5.74, 6) is 3.53. The van der Waals surface area contributed by atoms with E-state index in [2.05, 4.69) is 11.9 Å². The summed E-state index contributed by atoms with van der Waals surface area (Å²) in [7, 11) is 0. The highest BCUT2D eigenvalue weighted by Crippen LogP contribution is 2.33. The molecule has 0 saturated heterocycles. The van der Waals surface area contributed by atoms with E-state index in [0.717, 1.165) is 5.92 Å². The summed E-state index contributed by atoms with van der Waals surface area (Å²) in [5.41, 5.74) is 0. The van der Waals surface area contributed by atoms with Crippen molar-refractivity contribution in [1.29, 1.82) is 0 Å². The van der Waals surface area contributed by atoms with Crippen LogP contribution in [0.2, 0.25) is 0 Å². The first kappa shape index (κ1) is 8.95. The van der Waals surface area contributed by atoms with Crippen molar-refractivity contribution in [2.45, 2.75) is 32.2 Å². The van der Waals surface area contributed by atoms with Gasteiger partial charge in [-0.05, 0) is 25.7 Å². The van der Waals surface area contributed by atoms with Crippen molar-refractivity contribution in [2.75, 3.05) is 11.5 Å². The highest BCUT2D eigenvalue weighted by Gasteiger charge is 2.20. The van der Waals surface area contributed by atoms with E-state index in [1.54, 1.807) is 0 Å². The minimum atomic E-state index is 0.568. The highest BCUT2D eigenvalue weighted by atomic mass is 32.2. The maximum atomic E-state index is 4.56. The molecule has 68 valence electrons. The smallest absolute Gasteiger partial charge is 0.124 e. The van der Waals surface area contributed by atoms with Crippen LogP contribution in [0.3, 0.4) is 0 Å². The topological polar surface area (TPSA) is 12.4 Å². The summed E-state index contributed by atoms with van der Waals surface area (Å²) in [6.45, 7) is 2.20. The first-order valence-corrected chi connectivity index (χ1v) is 6.65. The Labute approximate surface area is 82.8 Å². The number of nitrogens with zero attached hydrogens (tertiary/aromatic N) is 1. The van der Waals surface area contributed by atoms with Gasteiger partial charge in [0.25, 0.3) is 0 Å². The number of hydrogen-bond donors (Lipinski definition) is 0. The molecule has 2 aliphatic rings. The molecule has 1 heterocycles. The molecule has 1 aliphatic carbocycles. The molecule has 0 aromatic heterocycles. The predicted molar refractivity (Wildman–Crippen MR) is 59.2 cm³/mol. The van der Waals surface area contributed by atoms with Gasteiger partial charge in [-0.3, -0.25) is 4.99 Å². The van der Waals surface area contributed by atoms with E-state index in [1.165, 1.54) is 35.1 Å². The van der Waals surface area contributed by atoms with Crippen molar-refractivity contribution in [3.8, 4) is 0 Å². The minimum Gasteiger partial charge on any atom is -0.268 e. The van der Waals surface area contributed by atoms with E-state index in [-0.39, 0.29) is 0 Å². The zero-order valence-electron chi connectivity index (χ0n) is 7.45. The van der Waals surface area contributed by atoms with Gasteiger partial charge in [-0.1, -0.05) is 29.9 Å². The second-order valence-electron chi connectivity index (χ2n) is 3.66. The zero-order chi connectivity index (χ0) is 8.39. The summed E-state index contributed by atoms with van der Waals surface area (Å²) in [6, 6.07) is 0.568. The van der Waals surface area contributed by atoms with Gasteiger partial charge in [0.2, 0.25) is 0 Å². The Hall–Kier alpha value is 0.370. The van der Waals surface area contributed by atoms with Gasteiger partial charge >= 0.3 is 0 Å². The van der Waals surface area contributed by atoms with Crippen LogP contribution in [-0.2, 0) is 0 Å². The molecule has 1 saturated carbocycles. The van der Waals surface area contributed by atoms with Crippen LogP contribution in [-0.4, -0.2) is 21.9 Å². The zero-order valence-corrected chi connectivity index (χ0v) is 9.09. The van der Waals surface area contributed by atoms with Crippen molar-refractivity contribution in [2.24, 2.45) is 10.9 Å². The van der Waals surface area contributed by atoms with Crippen molar-refractivity contribution in [3.63, 3.8) is 0 Å². The number of aliphatic imine (C=N–C) groups is 1. The Bertz CT molecular complexity index is 187. The molecule has 1 aliphatic heterocycles. The summed E-state index contributed by atoms with van der Waals surface area (Å²) < 4.78 is 1.34. The first-order valence-electron chi connectivity index (χ1n) is 4.68. The van der Waals surface area contributed by atoms with Crippen molar-refractivity contribution in [1.82, 2.24) is 0 Å². The molecule has 1 atom stereocenters. The van der Waals surface area contributed by atoms with E-state index >= 15 is 0 Å². The lowest BCUT2D eigenvalue weighted by molar-refractivity contribution is 0.353. The minimum absolute atomic E-state index is 0.568. The molecule has 0 spiro atoms. The Kier molecular flexibility index (Phi) is 3.02. The molecule has 0 aromatic rings. The summed E-state index contributed by atoms with van der Waals surface area (Å²) >= 11 is 3.92. The lowest BCUT2D eigenvalue weighted by atomic mass is 9.87. The lowest BCUT2D eigenvalue weighted by Crippen LogP contribution is -2.13. The van der Waals surface area contributed by atoms with E-state index in [0.29, 0.717) is 6.04 Å². The van der Waals surface area contributed by atoms with Crippen LogP contribution in [0.4, 0.5) is 0 Å². The van der Waals surface area contributed by atoms with Gasteiger partial charge in [0.05, 0.1) is 6.04 Å². The molecule has 1 fully saturated rings. The molecule has 0 amide bonds. The van der Waals surface area contributed by atoms with Crippen LogP contribution in [0, 0.1) is 5.92 Å². The maximum Gasteiger partial charge on any atom is 0.124 e. The van der Waals surface area contributed by atoms with Crippen molar-refractivity contribution >= 4 is 27.9 Å². The monoisotopic (exact) mass is 201 g/mol. The molecule has 1 unspecified atom stereocenters. The number of thioether (sulfide) groups is 2. The molecule has 12 heavy (non-hydrogen) atoms.